The number of thiazole rings is 1. The molecule has 1 N–H and O–H groups in total. The highest BCUT2D eigenvalue weighted by Crippen LogP contribution is 2.26. The molecule has 2 aromatic rings. The van der Waals surface area contributed by atoms with Crippen LogP contribution in [0.5, 0.6) is 0 Å². The molecule has 15 heavy (non-hydrogen) atoms. The fourth-order valence-corrected chi connectivity index (χ4v) is 1.98. The molecule has 0 saturated heterocycles. The Bertz CT molecular complexity index is 453. The van der Waals surface area contributed by atoms with Crippen molar-refractivity contribution in [2.75, 3.05) is 5.32 Å². The predicted molar refractivity (Wildman–Crippen MR) is 60.9 cm³/mol. The summed E-state index contributed by atoms with van der Waals surface area (Å²) in [5, 5.41) is 3.87. The monoisotopic (exact) mass is 221 g/mol. The van der Waals surface area contributed by atoms with Crippen LogP contribution in [-0.2, 0) is 6.42 Å². The lowest BCUT2D eigenvalue weighted by atomic mass is 10.3. The van der Waals surface area contributed by atoms with Gasteiger partial charge in [0.2, 0.25) is 0 Å². The van der Waals surface area contributed by atoms with Crippen LogP contribution >= 0.6 is 11.3 Å². The van der Waals surface area contributed by atoms with E-state index in [-0.39, 0.29) is 5.82 Å². The van der Waals surface area contributed by atoms with Gasteiger partial charge in [-0.1, -0.05) is 12.1 Å². The van der Waals surface area contributed by atoms with Gasteiger partial charge in [-0.2, -0.15) is 0 Å². The van der Waals surface area contributed by atoms with Crippen LogP contribution in [0.2, 0.25) is 0 Å². The number of benzene rings is 1. The lowest BCUT2D eigenvalue weighted by Crippen LogP contribution is -1.94. The van der Waals surface area contributed by atoms with E-state index in [0.29, 0.717) is 12.1 Å². The van der Waals surface area contributed by atoms with E-state index in [0.717, 1.165) is 10.7 Å². The van der Waals surface area contributed by atoms with Gasteiger partial charge in [0.1, 0.15) is 10.8 Å². The van der Waals surface area contributed by atoms with E-state index in [9.17, 15) is 4.39 Å². The number of nitrogens with zero attached hydrogens (tertiary/aromatic N) is 1. The number of para-hydroxylation sites is 1. The average Bonchev–Trinajstić information content (AvgIpc) is 2.69. The highest BCUT2D eigenvalue weighted by Gasteiger charge is 2.06. The third-order valence-electron chi connectivity index (χ3n) is 2.00. The largest absolute Gasteiger partial charge is 0.343 e. The quantitative estimate of drug-likeness (QED) is 0.859. The Morgan fingerprint density at radius 1 is 1.40 bits per heavy atom. The van der Waals surface area contributed by atoms with Gasteiger partial charge in [0.25, 0.3) is 0 Å². The van der Waals surface area contributed by atoms with Crippen LogP contribution in [-0.4, -0.2) is 4.98 Å². The SMILES string of the molecule is [CH2]Cc1ncsc1Nc1ccccc1F. The summed E-state index contributed by atoms with van der Waals surface area (Å²) in [5.74, 6) is -0.263. The van der Waals surface area contributed by atoms with E-state index in [1.54, 1.807) is 23.7 Å². The second kappa shape index (κ2) is 4.40. The van der Waals surface area contributed by atoms with Crippen LogP contribution in [0.15, 0.2) is 29.8 Å². The smallest absolute Gasteiger partial charge is 0.146 e. The normalized spacial score (nSPS) is 10.3. The van der Waals surface area contributed by atoms with Crippen LogP contribution in [0, 0.1) is 12.7 Å². The van der Waals surface area contributed by atoms with Gasteiger partial charge in [-0.25, -0.2) is 9.37 Å². The van der Waals surface area contributed by atoms with E-state index >= 15 is 0 Å². The van der Waals surface area contributed by atoms with Crippen LogP contribution < -0.4 is 5.32 Å². The molecule has 0 spiro atoms. The summed E-state index contributed by atoms with van der Waals surface area (Å²) < 4.78 is 13.3. The van der Waals surface area contributed by atoms with Crippen LogP contribution in [0.1, 0.15) is 5.69 Å². The van der Waals surface area contributed by atoms with Gasteiger partial charge in [0, 0.05) is 0 Å². The zero-order chi connectivity index (χ0) is 10.7. The van der Waals surface area contributed by atoms with Crippen molar-refractivity contribution in [2.45, 2.75) is 6.42 Å². The van der Waals surface area contributed by atoms with Gasteiger partial charge >= 0.3 is 0 Å². The van der Waals surface area contributed by atoms with Crippen molar-refractivity contribution in [3.63, 3.8) is 0 Å². The standard InChI is InChI=1S/C11H10FN2S/c1-2-9-11(15-7-13-9)14-10-6-4-3-5-8(10)12/h3-7,14H,1-2H2. The Morgan fingerprint density at radius 2 is 2.20 bits per heavy atom. The number of anilines is 2. The van der Waals surface area contributed by atoms with Crippen molar-refractivity contribution >= 4 is 22.0 Å². The molecular formula is C11H10FN2S. The number of hydrogen-bond donors (Lipinski definition) is 1. The van der Waals surface area contributed by atoms with E-state index in [1.165, 1.54) is 17.4 Å². The van der Waals surface area contributed by atoms with E-state index in [4.69, 9.17) is 0 Å². The van der Waals surface area contributed by atoms with E-state index in [1.807, 2.05) is 0 Å². The van der Waals surface area contributed by atoms with Gasteiger partial charge in [0.05, 0.1) is 16.9 Å². The minimum Gasteiger partial charge on any atom is -0.343 e. The zero-order valence-corrected chi connectivity index (χ0v) is 8.85. The van der Waals surface area contributed by atoms with Crippen LogP contribution in [0.25, 0.3) is 0 Å². The molecule has 2 rings (SSSR count). The van der Waals surface area contributed by atoms with Crippen LogP contribution in [0.4, 0.5) is 15.1 Å². The van der Waals surface area contributed by atoms with E-state index < -0.39 is 0 Å². The third kappa shape index (κ3) is 2.15. The number of rotatable bonds is 3. The molecule has 0 bridgehead atoms. The third-order valence-corrected chi connectivity index (χ3v) is 2.78. The molecule has 77 valence electrons. The first-order valence-electron chi connectivity index (χ1n) is 4.54. The maximum Gasteiger partial charge on any atom is 0.146 e. The lowest BCUT2D eigenvalue weighted by molar-refractivity contribution is 0.632. The molecule has 0 atom stereocenters. The molecule has 0 unspecified atom stereocenters. The molecule has 1 aromatic heterocycles. The molecule has 2 nitrogen and oxygen atoms in total. The van der Waals surface area contributed by atoms with E-state index in [2.05, 4.69) is 17.2 Å². The van der Waals surface area contributed by atoms with Crippen molar-refractivity contribution in [1.82, 2.24) is 4.98 Å². The minimum atomic E-state index is -0.263. The molecule has 1 aromatic carbocycles. The molecule has 0 aliphatic heterocycles. The average molecular weight is 221 g/mol. The first-order valence-corrected chi connectivity index (χ1v) is 5.42. The number of aromatic nitrogens is 1. The summed E-state index contributed by atoms with van der Waals surface area (Å²) >= 11 is 1.45. The van der Waals surface area contributed by atoms with Crippen LogP contribution in [0.3, 0.4) is 0 Å². The highest BCUT2D eigenvalue weighted by molar-refractivity contribution is 7.14. The number of halogens is 1. The first kappa shape index (κ1) is 10.1. The molecule has 0 fully saturated rings. The molecule has 0 aliphatic rings. The Labute approximate surface area is 91.8 Å². The number of nitrogens with one attached hydrogen (secondary N) is 1. The minimum absolute atomic E-state index is 0.263. The Hall–Kier alpha value is -1.42. The molecule has 1 radical (unpaired) electrons. The molecular weight excluding hydrogens is 211 g/mol. The highest BCUT2D eigenvalue weighted by atomic mass is 32.1. The van der Waals surface area contributed by atoms with Crippen molar-refractivity contribution in [3.05, 3.63) is 48.2 Å². The molecule has 1 heterocycles. The predicted octanol–water partition coefficient (Wildman–Crippen LogP) is 3.40. The first-order chi connectivity index (χ1) is 7.31. The van der Waals surface area contributed by atoms with Gasteiger partial charge in [-0.05, 0) is 25.5 Å². The second-order valence-corrected chi connectivity index (χ2v) is 3.84. The van der Waals surface area contributed by atoms with Crippen molar-refractivity contribution in [1.29, 1.82) is 0 Å². The zero-order valence-electron chi connectivity index (χ0n) is 8.03. The van der Waals surface area contributed by atoms with Crippen molar-refractivity contribution in [2.24, 2.45) is 0 Å². The van der Waals surface area contributed by atoms with Gasteiger partial charge < -0.3 is 5.32 Å². The van der Waals surface area contributed by atoms with Crippen molar-refractivity contribution < 1.29 is 4.39 Å². The lowest BCUT2D eigenvalue weighted by Gasteiger charge is -2.05. The maximum absolute atomic E-state index is 13.3. The second-order valence-electron chi connectivity index (χ2n) is 2.98. The Balaban J connectivity index is 2.26. The van der Waals surface area contributed by atoms with Gasteiger partial charge in [-0.15, -0.1) is 11.3 Å². The molecule has 0 amide bonds. The molecule has 4 heteroatoms. The number of hydrogen-bond acceptors (Lipinski definition) is 3. The summed E-state index contributed by atoms with van der Waals surface area (Å²) in [6.07, 6.45) is 0.598. The van der Waals surface area contributed by atoms with Gasteiger partial charge in [-0.3, -0.25) is 0 Å². The fourth-order valence-electron chi connectivity index (χ4n) is 1.23. The summed E-state index contributed by atoms with van der Waals surface area (Å²) in [6.45, 7) is 3.76. The maximum atomic E-state index is 13.3. The Morgan fingerprint density at radius 3 is 2.93 bits per heavy atom. The Kier molecular flexibility index (Phi) is 2.97. The summed E-state index contributed by atoms with van der Waals surface area (Å²) in [6, 6.07) is 6.57. The van der Waals surface area contributed by atoms with Gasteiger partial charge in [0.15, 0.2) is 0 Å². The summed E-state index contributed by atoms with van der Waals surface area (Å²) in [5.41, 5.74) is 3.06. The topological polar surface area (TPSA) is 24.9 Å². The summed E-state index contributed by atoms with van der Waals surface area (Å²) in [7, 11) is 0. The molecule has 0 aliphatic carbocycles. The summed E-state index contributed by atoms with van der Waals surface area (Å²) in [4.78, 5) is 4.13. The van der Waals surface area contributed by atoms with Crippen molar-refractivity contribution in [3.8, 4) is 0 Å². The fraction of sp³-hybridized carbons (Fsp3) is 0.0909. The molecule has 0 saturated carbocycles.